The van der Waals surface area contributed by atoms with Crippen LogP contribution in [0, 0.1) is 16.0 Å². The molecule has 0 aliphatic carbocycles. The van der Waals surface area contributed by atoms with Gasteiger partial charge < -0.3 is 10.6 Å². The first kappa shape index (κ1) is 12.8. The summed E-state index contributed by atoms with van der Waals surface area (Å²) in [5.74, 6) is 0.740. The van der Waals surface area contributed by atoms with Gasteiger partial charge in [-0.15, -0.1) is 0 Å². The van der Waals surface area contributed by atoms with E-state index in [9.17, 15) is 10.1 Å². The van der Waals surface area contributed by atoms with Crippen LogP contribution in [0.2, 0.25) is 0 Å². The Kier molecular flexibility index (Phi) is 4.15. The Morgan fingerprint density at radius 1 is 1.28 bits per heavy atom. The summed E-state index contributed by atoms with van der Waals surface area (Å²) < 4.78 is 0. The molecule has 98 valence electrons. The number of nitrogens with zero attached hydrogens (tertiary/aromatic N) is 2. The Bertz CT molecular complexity index is 397. The van der Waals surface area contributed by atoms with Crippen molar-refractivity contribution in [1.29, 1.82) is 0 Å². The van der Waals surface area contributed by atoms with Crippen molar-refractivity contribution in [2.24, 2.45) is 11.7 Å². The lowest BCUT2D eigenvalue weighted by Gasteiger charge is -2.33. The standard InChI is InChI=1S/C13H19N3O2/c14-8-5-11-6-9-15(10-7-11)12-1-3-13(4-2-12)16(17)18/h1-4,11H,5-10,14H2. The maximum absolute atomic E-state index is 10.6. The van der Waals surface area contributed by atoms with Gasteiger partial charge in [0, 0.05) is 30.9 Å². The lowest BCUT2D eigenvalue weighted by atomic mass is 9.93. The second kappa shape index (κ2) is 5.82. The molecule has 0 bridgehead atoms. The van der Waals surface area contributed by atoms with Crippen molar-refractivity contribution >= 4 is 11.4 Å². The summed E-state index contributed by atoms with van der Waals surface area (Å²) in [6, 6.07) is 6.81. The van der Waals surface area contributed by atoms with Gasteiger partial charge in [0.05, 0.1) is 4.92 Å². The molecular formula is C13H19N3O2. The van der Waals surface area contributed by atoms with E-state index >= 15 is 0 Å². The van der Waals surface area contributed by atoms with E-state index in [1.54, 1.807) is 12.1 Å². The topological polar surface area (TPSA) is 72.4 Å². The minimum atomic E-state index is -0.364. The fraction of sp³-hybridized carbons (Fsp3) is 0.538. The number of nitrogens with two attached hydrogens (primary N) is 1. The average Bonchev–Trinajstić information content (AvgIpc) is 2.40. The number of hydrogen-bond donors (Lipinski definition) is 1. The number of non-ortho nitro benzene ring substituents is 1. The number of nitro benzene ring substituents is 1. The van der Waals surface area contributed by atoms with Crippen LogP contribution in [0.4, 0.5) is 11.4 Å². The maximum atomic E-state index is 10.6. The van der Waals surface area contributed by atoms with Gasteiger partial charge in [-0.3, -0.25) is 10.1 Å². The normalized spacial score (nSPS) is 16.8. The van der Waals surface area contributed by atoms with Crippen LogP contribution in [0.15, 0.2) is 24.3 Å². The van der Waals surface area contributed by atoms with E-state index < -0.39 is 0 Å². The Morgan fingerprint density at radius 3 is 2.39 bits per heavy atom. The molecule has 0 spiro atoms. The minimum absolute atomic E-state index is 0.150. The molecule has 0 atom stereocenters. The fourth-order valence-corrected chi connectivity index (χ4v) is 2.50. The summed E-state index contributed by atoms with van der Waals surface area (Å²) in [4.78, 5) is 12.5. The third-order valence-corrected chi connectivity index (χ3v) is 3.62. The van der Waals surface area contributed by atoms with E-state index in [2.05, 4.69) is 4.90 Å². The van der Waals surface area contributed by atoms with E-state index in [-0.39, 0.29) is 10.6 Å². The number of piperidine rings is 1. The minimum Gasteiger partial charge on any atom is -0.372 e. The van der Waals surface area contributed by atoms with E-state index in [1.807, 2.05) is 12.1 Å². The van der Waals surface area contributed by atoms with Crippen LogP contribution in [0.25, 0.3) is 0 Å². The molecule has 2 rings (SSSR count). The SMILES string of the molecule is NCCC1CCN(c2ccc([N+](=O)[O-])cc2)CC1. The zero-order chi connectivity index (χ0) is 13.0. The van der Waals surface area contributed by atoms with Gasteiger partial charge in [0.25, 0.3) is 5.69 Å². The van der Waals surface area contributed by atoms with Crippen molar-refractivity contribution < 1.29 is 4.92 Å². The predicted octanol–water partition coefficient (Wildman–Crippen LogP) is 2.16. The second-order valence-corrected chi connectivity index (χ2v) is 4.78. The lowest BCUT2D eigenvalue weighted by molar-refractivity contribution is -0.384. The van der Waals surface area contributed by atoms with Gasteiger partial charge in [-0.25, -0.2) is 0 Å². The number of benzene rings is 1. The van der Waals surface area contributed by atoms with Crippen LogP contribution in [0.5, 0.6) is 0 Å². The van der Waals surface area contributed by atoms with Crippen molar-refractivity contribution in [1.82, 2.24) is 0 Å². The monoisotopic (exact) mass is 249 g/mol. The molecule has 5 nitrogen and oxygen atoms in total. The summed E-state index contributed by atoms with van der Waals surface area (Å²) >= 11 is 0. The van der Waals surface area contributed by atoms with Crippen molar-refractivity contribution in [2.45, 2.75) is 19.3 Å². The largest absolute Gasteiger partial charge is 0.372 e. The molecule has 0 amide bonds. The number of nitro groups is 1. The van der Waals surface area contributed by atoms with Gasteiger partial charge in [0.2, 0.25) is 0 Å². The third-order valence-electron chi connectivity index (χ3n) is 3.62. The predicted molar refractivity (Wildman–Crippen MR) is 71.7 cm³/mol. The molecule has 1 aliphatic rings. The molecule has 0 saturated carbocycles. The average molecular weight is 249 g/mol. The van der Waals surface area contributed by atoms with Crippen molar-refractivity contribution in [3.63, 3.8) is 0 Å². The van der Waals surface area contributed by atoms with E-state index in [0.29, 0.717) is 0 Å². The molecule has 0 aromatic heterocycles. The smallest absolute Gasteiger partial charge is 0.269 e. The Hall–Kier alpha value is -1.62. The van der Waals surface area contributed by atoms with Crippen molar-refractivity contribution in [3.05, 3.63) is 34.4 Å². The van der Waals surface area contributed by atoms with Gasteiger partial charge in [-0.05, 0) is 43.9 Å². The summed E-state index contributed by atoms with van der Waals surface area (Å²) in [5.41, 5.74) is 6.80. The van der Waals surface area contributed by atoms with Crippen LogP contribution in [-0.2, 0) is 0 Å². The molecule has 5 heteroatoms. The van der Waals surface area contributed by atoms with Crippen LogP contribution >= 0.6 is 0 Å². The van der Waals surface area contributed by atoms with Gasteiger partial charge >= 0.3 is 0 Å². The van der Waals surface area contributed by atoms with Gasteiger partial charge in [-0.2, -0.15) is 0 Å². The van der Waals surface area contributed by atoms with E-state index in [0.717, 1.165) is 50.5 Å². The molecule has 1 aromatic rings. The maximum Gasteiger partial charge on any atom is 0.269 e. The molecule has 1 heterocycles. The van der Waals surface area contributed by atoms with E-state index in [4.69, 9.17) is 5.73 Å². The molecular weight excluding hydrogens is 230 g/mol. The first-order valence-electron chi connectivity index (χ1n) is 6.40. The molecule has 1 aliphatic heterocycles. The quantitative estimate of drug-likeness (QED) is 0.655. The first-order valence-corrected chi connectivity index (χ1v) is 6.40. The highest BCUT2D eigenvalue weighted by atomic mass is 16.6. The summed E-state index contributed by atoms with van der Waals surface area (Å²) in [7, 11) is 0. The summed E-state index contributed by atoms with van der Waals surface area (Å²) in [5, 5.41) is 10.6. The van der Waals surface area contributed by atoms with Crippen LogP contribution in [0.3, 0.4) is 0 Å². The highest BCUT2D eigenvalue weighted by molar-refractivity contribution is 5.51. The zero-order valence-corrected chi connectivity index (χ0v) is 10.4. The molecule has 1 fully saturated rings. The number of anilines is 1. The molecule has 2 N–H and O–H groups in total. The third kappa shape index (κ3) is 2.98. The molecule has 0 unspecified atom stereocenters. The second-order valence-electron chi connectivity index (χ2n) is 4.78. The highest BCUT2D eigenvalue weighted by Crippen LogP contribution is 2.26. The summed E-state index contributed by atoms with van der Waals surface area (Å²) in [6.45, 7) is 2.80. The number of hydrogen-bond acceptors (Lipinski definition) is 4. The molecule has 1 saturated heterocycles. The van der Waals surface area contributed by atoms with Gasteiger partial charge in [0.1, 0.15) is 0 Å². The van der Waals surface area contributed by atoms with Crippen LogP contribution < -0.4 is 10.6 Å². The van der Waals surface area contributed by atoms with Gasteiger partial charge in [-0.1, -0.05) is 0 Å². The van der Waals surface area contributed by atoms with Crippen LogP contribution in [-0.4, -0.2) is 24.6 Å². The number of rotatable bonds is 4. The van der Waals surface area contributed by atoms with E-state index in [1.165, 1.54) is 0 Å². The zero-order valence-electron chi connectivity index (χ0n) is 10.4. The van der Waals surface area contributed by atoms with Gasteiger partial charge in [0.15, 0.2) is 0 Å². The fourth-order valence-electron chi connectivity index (χ4n) is 2.50. The molecule has 1 aromatic carbocycles. The molecule has 18 heavy (non-hydrogen) atoms. The van der Waals surface area contributed by atoms with Crippen molar-refractivity contribution in [3.8, 4) is 0 Å². The summed E-state index contributed by atoms with van der Waals surface area (Å²) in [6.07, 6.45) is 3.43. The first-order chi connectivity index (χ1) is 8.70. The Morgan fingerprint density at radius 2 is 1.89 bits per heavy atom. The van der Waals surface area contributed by atoms with Crippen LogP contribution in [0.1, 0.15) is 19.3 Å². The Balaban J connectivity index is 1.95. The lowest BCUT2D eigenvalue weighted by Crippen LogP contribution is -2.34. The highest BCUT2D eigenvalue weighted by Gasteiger charge is 2.19. The molecule has 0 radical (unpaired) electrons. The van der Waals surface area contributed by atoms with Crippen molar-refractivity contribution in [2.75, 3.05) is 24.5 Å². The Labute approximate surface area is 107 Å².